The number of hydrogen-bond donors (Lipinski definition) is 2. The lowest BCUT2D eigenvalue weighted by Crippen LogP contribution is -2.61. The largest absolute Gasteiger partial charge is 0.480 e. The molecule has 1 aromatic carbocycles. The zero-order chi connectivity index (χ0) is 16.3. The van der Waals surface area contributed by atoms with Gasteiger partial charge in [0.05, 0.1) is 12.0 Å². The standard InChI is InChI=1S/C15H16ClN3O3/c1-15(13(20)21,6-10-2-4-12(16)5-3-10)18-14(22)19-8-11(7-17)9-19/h2-5,11H,6,8-9H2,1H3,(H,18,22)(H,20,21). The number of halogens is 1. The molecule has 2 rings (SSSR count). The van der Waals surface area contributed by atoms with Gasteiger partial charge in [-0.15, -0.1) is 0 Å². The van der Waals surface area contributed by atoms with Crippen molar-refractivity contribution in [2.75, 3.05) is 13.1 Å². The average molecular weight is 322 g/mol. The van der Waals surface area contributed by atoms with Crippen LogP contribution in [0.4, 0.5) is 4.79 Å². The minimum atomic E-state index is -1.43. The number of rotatable bonds is 4. The van der Waals surface area contributed by atoms with Crippen molar-refractivity contribution >= 4 is 23.6 Å². The van der Waals surface area contributed by atoms with Crippen LogP contribution in [0.3, 0.4) is 0 Å². The summed E-state index contributed by atoms with van der Waals surface area (Å²) < 4.78 is 0. The summed E-state index contributed by atoms with van der Waals surface area (Å²) in [6, 6.07) is 8.40. The molecule has 1 heterocycles. The monoisotopic (exact) mass is 321 g/mol. The maximum absolute atomic E-state index is 12.1. The fraction of sp³-hybridized carbons (Fsp3) is 0.400. The predicted octanol–water partition coefficient (Wildman–Crippen LogP) is 1.89. The molecule has 0 spiro atoms. The quantitative estimate of drug-likeness (QED) is 0.885. The van der Waals surface area contributed by atoms with Crippen molar-refractivity contribution < 1.29 is 14.7 Å². The lowest BCUT2D eigenvalue weighted by Gasteiger charge is -2.38. The van der Waals surface area contributed by atoms with Crippen LogP contribution < -0.4 is 5.32 Å². The van der Waals surface area contributed by atoms with Crippen LogP contribution >= 0.6 is 11.6 Å². The lowest BCUT2D eigenvalue weighted by atomic mass is 9.92. The van der Waals surface area contributed by atoms with Crippen LogP contribution in [0.15, 0.2) is 24.3 Å². The number of amides is 2. The number of carbonyl (C=O) groups excluding carboxylic acids is 1. The first-order valence-corrected chi connectivity index (χ1v) is 7.16. The number of nitrogens with zero attached hydrogens (tertiary/aromatic N) is 2. The normalized spacial score (nSPS) is 17.0. The number of nitrogens with one attached hydrogen (secondary N) is 1. The maximum Gasteiger partial charge on any atom is 0.329 e. The minimum Gasteiger partial charge on any atom is -0.480 e. The van der Waals surface area contributed by atoms with E-state index in [4.69, 9.17) is 16.9 Å². The Morgan fingerprint density at radius 1 is 1.45 bits per heavy atom. The molecule has 1 aliphatic heterocycles. The van der Waals surface area contributed by atoms with Crippen molar-refractivity contribution in [1.82, 2.24) is 10.2 Å². The van der Waals surface area contributed by atoms with Crippen LogP contribution in [0.1, 0.15) is 12.5 Å². The highest BCUT2D eigenvalue weighted by molar-refractivity contribution is 6.30. The molecule has 22 heavy (non-hydrogen) atoms. The van der Waals surface area contributed by atoms with Gasteiger partial charge in [0.25, 0.3) is 0 Å². The molecule has 2 amide bonds. The van der Waals surface area contributed by atoms with E-state index in [0.717, 1.165) is 5.56 Å². The van der Waals surface area contributed by atoms with Gasteiger partial charge in [-0.1, -0.05) is 23.7 Å². The molecule has 1 aromatic rings. The Bertz CT molecular complexity index is 620. The molecule has 0 saturated carbocycles. The molecule has 2 N–H and O–H groups in total. The Labute approximate surface area is 133 Å². The van der Waals surface area contributed by atoms with Gasteiger partial charge in [-0.05, 0) is 24.6 Å². The third-order valence-electron chi connectivity index (χ3n) is 3.68. The summed E-state index contributed by atoms with van der Waals surface area (Å²) in [6.07, 6.45) is 0.140. The Hall–Kier alpha value is -2.26. The summed E-state index contributed by atoms with van der Waals surface area (Å²) in [5, 5.41) is 21.3. The molecule has 1 saturated heterocycles. The van der Waals surface area contributed by atoms with Gasteiger partial charge in [-0.3, -0.25) is 0 Å². The highest BCUT2D eigenvalue weighted by Crippen LogP contribution is 2.19. The van der Waals surface area contributed by atoms with E-state index in [9.17, 15) is 14.7 Å². The van der Waals surface area contributed by atoms with E-state index in [2.05, 4.69) is 11.4 Å². The number of urea groups is 1. The third kappa shape index (κ3) is 3.49. The Kier molecular flexibility index (Phi) is 4.57. The van der Waals surface area contributed by atoms with Crippen LogP contribution in [0.25, 0.3) is 0 Å². The van der Waals surface area contributed by atoms with Crippen LogP contribution in [0.5, 0.6) is 0 Å². The van der Waals surface area contributed by atoms with Gasteiger partial charge >= 0.3 is 12.0 Å². The molecule has 0 radical (unpaired) electrons. The molecular weight excluding hydrogens is 306 g/mol. The number of carboxylic acid groups (broad SMARTS) is 1. The van der Waals surface area contributed by atoms with Crippen LogP contribution in [0, 0.1) is 17.2 Å². The van der Waals surface area contributed by atoms with Crippen LogP contribution in [-0.2, 0) is 11.2 Å². The maximum atomic E-state index is 12.1. The number of carbonyl (C=O) groups is 2. The van der Waals surface area contributed by atoms with Crippen molar-refractivity contribution in [3.8, 4) is 6.07 Å². The van der Waals surface area contributed by atoms with E-state index < -0.39 is 17.5 Å². The SMILES string of the molecule is CC(Cc1ccc(Cl)cc1)(NC(=O)N1CC(C#N)C1)C(=O)O. The summed E-state index contributed by atoms with van der Waals surface area (Å²) in [5.41, 5.74) is -0.670. The molecule has 1 unspecified atom stereocenters. The molecule has 1 fully saturated rings. The predicted molar refractivity (Wildman–Crippen MR) is 80.4 cm³/mol. The second-order valence-electron chi connectivity index (χ2n) is 5.60. The van der Waals surface area contributed by atoms with Crippen LogP contribution in [-0.4, -0.2) is 40.6 Å². The van der Waals surface area contributed by atoms with Gasteiger partial charge in [-0.25, -0.2) is 9.59 Å². The van der Waals surface area contributed by atoms with Crippen molar-refractivity contribution in [3.63, 3.8) is 0 Å². The third-order valence-corrected chi connectivity index (χ3v) is 3.93. The summed E-state index contributed by atoms with van der Waals surface area (Å²) >= 11 is 5.81. The van der Waals surface area contributed by atoms with E-state index in [1.54, 1.807) is 24.3 Å². The molecule has 7 heteroatoms. The van der Waals surface area contributed by atoms with Crippen molar-refractivity contribution in [2.45, 2.75) is 18.9 Å². The molecule has 6 nitrogen and oxygen atoms in total. The summed E-state index contributed by atoms with van der Waals surface area (Å²) in [7, 11) is 0. The Balaban J connectivity index is 2.05. The molecule has 1 aliphatic rings. The smallest absolute Gasteiger partial charge is 0.329 e. The van der Waals surface area contributed by atoms with E-state index in [-0.39, 0.29) is 12.3 Å². The fourth-order valence-electron chi connectivity index (χ4n) is 2.22. The van der Waals surface area contributed by atoms with E-state index in [1.807, 2.05) is 0 Å². The minimum absolute atomic E-state index is 0.140. The van der Waals surface area contributed by atoms with Gasteiger partial charge in [0.15, 0.2) is 0 Å². The summed E-state index contributed by atoms with van der Waals surface area (Å²) in [4.78, 5) is 25.1. The van der Waals surface area contributed by atoms with Crippen molar-refractivity contribution in [3.05, 3.63) is 34.9 Å². The number of hydrogen-bond acceptors (Lipinski definition) is 3. The first kappa shape index (κ1) is 16.1. The summed E-state index contributed by atoms with van der Waals surface area (Å²) in [6.45, 7) is 2.13. The van der Waals surface area contributed by atoms with E-state index in [1.165, 1.54) is 11.8 Å². The first-order valence-electron chi connectivity index (χ1n) is 6.78. The van der Waals surface area contributed by atoms with Crippen LogP contribution in [0.2, 0.25) is 5.02 Å². The van der Waals surface area contributed by atoms with Gasteiger partial charge in [0.2, 0.25) is 0 Å². The van der Waals surface area contributed by atoms with E-state index in [0.29, 0.717) is 18.1 Å². The molecule has 0 aliphatic carbocycles. The second-order valence-corrected chi connectivity index (χ2v) is 6.04. The number of aliphatic carboxylic acids is 1. The van der Waals surface area contributed by atoms with Gasteiger partial charge in [0, 0.05) is 24.5 Å². The van der Waals surface area contributed by atoms with Gasteiger partial charge in [0.1, 0.15) is 5.54 Å². The molecule has 116 valence electrons. The average Bonchev–Trinajstić information content (AvgIpc) is 2.40. The van der Waals surface area contributed by atoms with Crippen molar-refractivity contribution in [1.29, 1.82) is 5.26 Å². The zero-order valence-electron chi connectivity index (χ0n) is 12.0. The molecule has 1 atom stereocenters. The summed E-state index contributed by atoms with van der Waals surface area (Å²) in [5.74, 6) is -1.29. The van der Waals surface area contributed by atoms with Gasteiger partial charge in [-0.2, -0.15) is 5.26 Å². The Morgan fingerprint density at radius 2 is 2.05 bits per heavy atom. The zero-order valence-corrected chi connectivity index (χ0v) is 12.8. The fourth-order valence-corrected chi connectivity index (χ4v) is 2.35. The number of nitriles is 1. The first-order chi connectivity index (χ1) is 10.3. The molecule has 0 bridgehead atoms. The van der Waals surface area contributed by atoms with E-state index >= 15 is 0 Å². The second kappa shape index (κ2) is 6.24. The lowest BCUT2D eigenvalue weighted by molar-refractivity contribution is -0.143. The topological polar surface area (TPSA) is 93.4 Å². The van der Waals surface area contributed by atoms with Crippen molar-refractivity contribution in [2.24, 2.45) is 5.92 Å². The number of benzene rings is 1. The Morgan fingerprint density at radius 3 is 2.55 bits per heavy atom. The number of carboxylic acids is 1. The van der Waals surface area contributed by atoms with Gasteiger partial charge < -0.3 is 15.3 Å². The highest BCUT2D eigenvalue weighted by Gasteiger charge is 2.39. The number of likely N-dealkylation sites (tertiary alicyclic amines) is 1. The molecule has 0 aromatic heterocycles. The highest BCUT2D eigenvalue weighted by atomic mass is 35.5. The molecular formula is C15H16ClN3O3.